The van der Waals surface area contributed by atoms with E-state index in [4.69, 9.17) is 0 Å². The van der Waals surface area contributed by atoms with Crippen LogP contribution >= 0.6 is 0 Å². The summed E-state index contributed by atoms with van der Waals surface area (Å²) >= 11 is 0. The molecule has 3 aromatic rings. The van der Waals surface area contributed by atoms with Gasteiger partial charge in [-0.3, -0.25) is 0 Å². The van der Waals surface area contributed by atoms with E-state index in [1.54, 1.807) is 0 Å². The lowest BCUT2D eigenvalue weighted by Gasteiger charge is -2.14. The Morgan fingerprint density at radius 1 is 0.692 bits per heavy atom. The first-order valence-electron chi connectivity index (χ1n) is 9.20. The molecule has 1 N–H and O–H groups in total. The quantitative estimate of drug-likeness (QED) is 0.552. The summed E-state index contributed by atoms with van der Waals surface area (Å²) in [6.07, 6.45) is 9.08. The van der Waals surface area contributed by atoms with Crippen LogP contribution in [0, 0.1) is 0 Å². The molecule has 1 nitrogen and oxygen atoms in total. The van der Waals surface area contributed by atoms with E-state index < -0.39 is 0 Å². The van der Waals surface area contributed by atoms with Gasteiger partial charge in [-0.25, -0.2) is 0 Å². The molecule has 4 rings (SSSR count). The minimum Gasteiger partial charge on any atom is -0.388 e. The molecular weight excluding hydrogens is 314 g/mol. The van der Waals surface area contributed by atoms with Gasteiger partial charge in [-0.1, -0.05) is 85.0 Å². The van der Waals surface area contributed by atoms with Crippen LogP contribution in [-0.2, 0) is 0 Å². The Morgan fingerprint density at radius 3 is 2.08 bits per heavy atom. The van der Waals surface area contributed by atoms with Gasteiger partial charge in [0.15, 0.2) is 0 Å². The molecule has 3 aromatic carbocycles. The van der Waals surface area contributed by atoms with Gasteiger partial charge in [0.25, 0.3) is 0 Å². The lowest BCUT2D eigenvalue weighted by Crippen LogP contribution is -1.95. The number of allylic oxidation sites excluding steroid dienone is 4. The molecule has 0 aliphatic heterocycles. The van der Waals surface area contributed by atoms with Gasteiger partial charge in [0.1, 0.15) is 0 Å². The zero-order chi connectivity index (χ0) is 17.8. The molecule has 0 fully saturated rings. The molecule has 0 heterocycles. The topological polar surface area (TPSA) is 12.0 Å². The minimum atomic E-state index is 1.13. The van der Waals surface area contributed by atoms with Crippen LogP contribution in [0.4, 0.5) is 5.69 Å². The third-order valence-electron chi connectivity index (χ3n) is 4.92. The van der Waals surface area contributed by atoms with Crippen molar-refractivity contribution < 1.29 is 0 Å². The first-order valence-corrected chi connectivity index (χ1v) is 9.20. The van der Waals surface area contributed by atoms with Gasteiger partial charge in [0.05, 0.1) is 0 Å². The van der Waals surface area contributed by atoms with Crippen molar-refractivity contribution in [1.82, 2.24) is 0 Å². The van der Waals surface area contributed by atoms with E-state index in [9.17, 15) is 0 Å². The Kier molecular flexibility index (Phi) is 4.70. The highest BCUT2D eigenvalue weighted by molar-refractivity contribution is 5.84. The molecular formula is C25H23N. The lowest BCUT2D eigenvalue weighted by atomic mass is 9.94. The molecule has 1 aliphatic rings. The maximum atomic E-state index is 3.37. The average molecular weight is 337 g/mol. The summed E-state index contributed by atoms with van der Waals surface area (Å²) in [5, 5.41) is 3.37. The molecule has 1 aliphatic carbocycles. The third-order valence-corrected chi connectivity index (χ3v) is 4.92. The summed E-state index contributed by atoms with van der Waals surface area (Å²) < 4.78 is 0. The van der Waals surface area contributed by atoms with Crippen molar-refractivity contribution in [2.75, 3.05) is 12.4 Å². The number of anilines is 1. The van der Waals surface area contributed by atoms with Crippen LogP contribution in [0.2, 0.25) is 0 Å². The average Bonchev–Trinajstić information content (AvgIpc) is 2.75. The van der Waals surface area contributed by atoms with Crippen LogP contribution < -0.4 is 5.32 Å². The summed E-state index contributed by atoms with van der Waals surface area (Å²) in [7, 11) is 1.99. The van der Waals surface area contributed by atoms with Gasteiger partial charge in [-0.05, 0) is 46.7 Å². The van der Waals surface area contributed by atoms with E-state index in [1.807, 2.05) is 7.05 Å². The first-order chi connectivity index (χ1) is 12.8. The molecule has 0 atom stereocenters. The molecule has 26 heavy (non-hydrogen) atoms. The molecule has 0 amide bonds. The Morgan fingerprint density at radius 2 is 1.38 bits per heavy atom. The van der Waals surface area contributed by atoms with Crippen LogP contribution in [-0.4, -0.2) is 7.05 Å². The standard InChI is InChI=1S/C25H23N/c1-26-25-18-23(20-10-6-3-7-11-20)16-17-24(25)22-14-12-21(13-15-22)19-8-4-2-5-9-19/h2,4-6,8-18,26H,3,7H2,1H3. The van der Waals surface area contributed by atoms with E-state index in [0.717, 1.165) is 18.5 Å². The van der Waals surface area contributed by atoms with Crippen LogP contribution in [0.15, 0.2) is 91.0 Å². The van der Waals surface area contributed by atoms with Crippen LogP contribution in [0.3, 0.4) is 0 Å². The fourth-order valence-corrected chi connectivity index (χ4v) is 3.48. The Labute approximate surface area is 155 Å². The van der Waals surface area contributed by atoms with Gasteiger partial charge in [0, 0.05) is 18.3 Å². The third kappa shape index (κ3) is 3.34. The van der Waals surface area contributed by atoms with E-state index in [1.165, 1.54) is 33.4 Å². The van der Waals surface area contributed by atoms with E-state index in [-0.39, 0.29) is 0 Å². The van der Waals surface area contributed by atoms with Gasteiger partial charge >= 0.3 is 0 Å². The van der Waals surface area contributed by atoms with Gasteiger partial charge in [-0.15, -0.1) is 0 Å². The summed E-state index contributed by atoms with van der Waals surface area (Å²) in [6, 6.07) is 26.0. The predicted molar refractivity (Wildman–Crippen MR) is 113 cm³/mol. The second kappa shape index (κ2) is 7.45. The minimum absolute atomic E-state index is 1.13. The number of hydrogen-bond donors (Lipinski definition) is 1. The van der Waals surface area contributed by atoms with Crippen molar-refractivity contribution >= 4 is 11.3 Å². The highest BCUT2D eigenvalue weighted by atomic mass is 14.8. The smallest absolute Gasteiger partial charge is 0.0423 e. The molecule has 0 bridgehead atoms. The van der Waals surface area contributed by atoms with E-state index in [2.05, 4.69) is 96.3 Å². The molecule has 128 valence electrons. The van der Waals surface area contributed by atoms with Crippen molar-refractivity contribution in [2.24, 2.45) is 0 Å². The van der Waals surface area contributed by atoms with E-state index in [0.29, 0.717) is 0 Å². The lowest BCUT2D eigenvalue weighted by molar-refractivity contribution is 1.04. The number of nitrogens with one attached hydrogen (secondary N) is 1. The Balaban J connectivity index is 1.67. The van der Waals surface area contributed by atoms with Crippen molar-refractivity contribution in [1.29, 1.82) is 0 Å². The Hall–Kier alpha value is -3.06. The number of rotatable bonds is 4. The SMILES string of the molecule is CNc1cc(C2=CCCC=C2)ccc1-c1ccc(-c2ccccc2)cc1. The molecule has 0 radical (unpaired) electrons. The second-order valence-electron chi connectivity index (χ2n) is 6.59. The fourth-order valence-electron chi connectivity index (χ4n) is 3.48. The number of benzene rings is 3. The van der Waals surface area contributed by atoms with E-state index >= 15 is 0 Å². The zero-order valence-electron chi connectivity index (χ0n) is 15.1. The van der Waals surface area contributed by atoms with Crippen molar-refractivity contribution in [2.45, 2.75) is 12.8 Å². The van der Waals surface area contributed by atoms with Crippen LogP contribution in [0.25, 0.3) is 27.8 Å². The monoisotopic (exact) mass is 337 g/mol. The van der Waals surface area contributed by atoms with Gasteiger partial charge in [0.2, 0.25) is 0 Å². The summed E-state index contributed by atoms with van der Waals surface area (Å²) in [6.45, 7) is 0. The largest absolute Gasteiger partial charge is 0.388 e. The number of hydrogen-bond acceptors (Lipinski definition) is 1. The molecule has 1 heteroatoms. The summed E-state index contributed by atoms with van der Waals surface area (Å²) in [5.41, 5.74) is 8.71. The molecule has 0 saturated carbocycles. The van der Waals surface area contributed by atoms with Gasteiger partial charge in [-0.2, -0.15) is 0 Å². The summed E-state index contributed by atoms with van der Waals surface area (Å²) in [4.78, 5) is 0. The highest BCUT2D eigenvalue weighted by Crippen LogP contribution is 2.33. The summed E-state index contributed by atoms with van der Waals surface area (Å²) in [5.74, 6) is 0. The van der Waals surface area contributed by atoms with Gasteiger partial charge < -0.3 is 5.32 Å². The molecule has 0 spiro atoms. The fraction of sp³-hybridized carbons (Fsp3) is 0.120. The van der Waals surface area contributed by atoms with Crippen LogP contribution in [0.5, 0.6) is 0 Å². The predicted octanol–water partition coefficient (Wildman–Crippen LogP) is 6.80. The highest BCUT2D eigenvalue weighted by Gasteiger charge is 2.08. The normalized spacial score (nSPS) is 13.3. The first kappa shape index (κ1) is 16.4. The van der Waals surface area contributed by atoms with Crippen molar-refractivity contribution in [3.05, 3.63) is 96.6 Å². The maximum absolute atomic E-state index is 3.37. The molecule has 0 aromatic heterocycles. The van der Waals surface area contributed by atoms with Crippen molar-refractivity contribution in [3.63, 3.8) is 0 Å². The van der Waals surface area contributed by atoms with Crippen LogP contribution in [0.1, 0.15) is 18.4 Å². The molecule has 0 saturated heterocycles. The Bertz CT molecular complexity index is 947. The molecule has 0 unspecified atom stereocenters. The second-order valence-corrected chi connectivity index (χ2v) is 6.59. The zero-order valence-corrected chi connectivity index (χ0v) is 15.1. The maximum Gasteiger partial charge on any atom is 0.0423 e. The van der Waals surface area contributed by atoms with Crippen molar-refractivity contribution in [3.8, 4) is 22.3 Å².